The van der Waals surface area contributed by atoms with Gasteiger partial charge < -0.3 is 4.74 Å². The second-order valence-electron chi connectivity index (χ2n) is 3.99. The molecule has 1 fully saturated rings. The van der Waals surface area contributed by atoms with Crippen LogP contribution in [0.25, 0.3) is 0 Å². The lowest BCUT2D eigenvalue weighted by atomic mass is 10.1. The first-order valence-electron chi connectivity index (χ1n) is 5.61. The highest BCUT2D eigenvalue weighted by Gasteiger charge is 2.26. The fraction of sp³-hybridized carbons (Fsp3) is 0.818. The van der Waals surface area contributed by atoms with Crippen LogP contribution in [0.4, 0.5) is 0 Å². The van der Waals surface area contributed by atoms with Crippen LogP contribution < -0.4 is 0 Å². The average molecular weight is 232 g/mol. The molecular weight excluding hydrogens is 212 g/mol. The number of hydrogen-bond donors (Lipinski definition) is 0. The number of allylic oxidation sites excluding steroid dienone is 1. The highest BCUT2D eigenvalue weighted by molar-refractivity contribution is 7.92. The lowest BCUT2D eigenvalue weighted by molar-refractivity contribution is 0.240. The normalized spacial score (nSPS) is 27.1. The van der Waals surface area contributed by atoms with Crippen molar-refractivity contribution in [1.82, 2.24) is 0 Å². The van der Waals surface area contributed by atoms with Crippen LogP contribution in [0.3, 0.4) is 0 Å². The summed E-state index contributed by atoms with van der Waals surface area (Å²) in [6.07, 6.45) is 8.09. The van der Waals surface area contributed by atoms with Crippen molar-refractivity contribution in [1.29, 1.82) is 0 Å². The molecule has 0 bridgehead atoms. The molecule has 0 saturated carbocycles. The van der Waals surface area contributed by atoms with E-state index in [0.717, 1.165) is 32.1 Å². The molecule has 0 radical (unpaired) electrons. The molecular formula is C11H20O3S. The summed E-state index contributed by atoms with van der Waals surface area (Å²) in [5.74, 6) is 0.330. The van der Waals surface area contributed by atoms with Crippen LogP contribution in [0.1, 0.15) is 39.0 Å². The highest BCUT2D eigenvalue weighted by Crippen LogP contribution is 2.19. The van der Waals surface area contributed by atoms with Gasteiger partial charge in [0.1, 0.15) is 6.61 Å². The molecule has 4 heteroatoms. The first-order chi connectivity index (χ1) is 7.17. The molecule has 1 saturated heterocycles. The van der Waals surface area contributed by atoms with Gasteiger partial charge in [0.2, 0.25) is 0 Å². The number of ether oxygens (including phenoxy) is 1. The first-order valence-corrected chi connectivity index (χ1v) is 7.32. The largest absolute Gasteiger partial charge is 0.500 e. The second kappa shape index (κ2) is 6.16. The molecule has 88 valence electrons. The quantitative estimate of drug-likeness (QED) is 0.701. The van der Waals surface area contributed by atoms with Gasteiger partial charge in [-0.15, -0.1) is 0 Å². The van der Waals surface area contributed by atoms with E-state index < -0.39 is 9.84 Å². The molecule has 1 unspecified atom stereocenters. The Bertz CT molecular complexity index is 293. The third-order valence-electron chi connectivity index (χ3n) is 2.73. The van der Waals surface area contributed by atoms with E-state index in [4.69, 9.17) is 4.74 Å². The SMILES string of the molecule is C/C=C/OCC1CCCCCCS1(=O)=O. The maximum absolute atomic E-state index is 11.8. The maximum Gasteiger partial charge on any atom is 0.156 e. The summed E-state index contributed by atoms with van der Waals surface area (Å²) in [7, 11) is -2.92. The molecule has 1 atom stereocenters. The average Bonchev–Trinajstić information content (AvgIpc) is 2.18. The van der Waals surface area contributed by atoms with E-state index in [1.807, 2.05) is 6.92 Å². The summed E-state index contributed by atoms with van der Waals surface area (Å²) < 4.78 is 28.9. The van der Waals surface area contributed by atoms with E-state index in [-0.39, 0.29) is 5.25 Å². The molecule has 0 amide bonds. The molecule has 15 heavy (non-hydrogen) atoms. The van der Waals surface area contributed by atoms with Gasteiger partial charge in [-0.2, -0.15) is 0 Å². The Balaban J connectivity index is 2.55. The molecule has 3 nitrogen and oxygen atoms in total. The summed E-state index contributed by atoms with van der Waals surface area (Å²) >= 11 is 0. The van der Waals surface area contributed by atoms with Gasteiger partial charge >= 0.3 is 0 Å². The van der Waals surface area contributed by atoms with Crippen molar-refractivity contribution < 1.29 is 13.2 Å². The third-order valence-corrected chi connectivity index (χ3v) is 4.97. The van der Waals surface area contributed by atoms with Crippen LogP contribution >= 0.6 is 0 Å². The molecule has 0 spiro atoms. The van der Waals surface area contributed by atoms with Crippen LogP contribution in [-0.4, -0.2) is 26.0 Å². The summed E-state index contributed by atoms with van der Waals surface area (Å²) in [6, 6.07) is 0. The van der Waals surface area contributed by atoms with Crippen LogP contribution in [0.2, 0.25) is 0 Å². The zero-order valence-corrected chi connectivity index (χ0v) is 10.1. The molecule has 0 N–H and O–H groups in total. The topological polar surface area (TPSA) is 43.4 Å². The number of hydrogen-bond acceptors (Lipinski definition) is 3. The van der Waals surface area contributed by atoms with E-state index in [1.54, 1.807) is 12.3 Å². The Morgan fingerprint density at radius 3 is 2.73 bits per heavy atom. The van der Waals surface area contributed by atoms with Crippen LogP contribution in [0.5, 0.6) is 0 Å². The van der Waals surface area contributed by atoms with Gasteiger partial charge in [0.25, 0.3) is 0 Å². The minimum Gasteiger partial charge on any atom is -0.500 e. The Hall–Kier alpha value is -0.510. The van der Waals surface area contributed by atoms with Crippen molar-refractivity contribution in [2.75, 3.05) is 12.4 Å². The van der Waals surface area contributed by atoms with Crippen molar-refractivity contribution in [3.05, 3.63) is 12.3 Å². The van der Waals surface area contributed by atoms with E-state index in [0.29, 0.717) is 12.4 Å². The predicted octanol–water partition coefficient (Wildman–Crippen LogP) is 2.28. The van der Waals surface area contributed by atoms with E-state index >= 15 is 0 Å². The van der Waals surface area contributed by atoms with Crippen LogP contribution in [-0.2, 0) is 14.6 Å². The predicted molar refractivity (Wildman–Crippen MR) is 61.4 cm³/mol. The minimum atomic E-state index is -2.92. The van der Waals surface area contributed by atoms with Gasteiger partial charge in [0.15, 0.2) is 9.84 Å². The van der Waals surface area contributed by atoms with E-state index in [2.05, 4.69) is 0 Å². The van der Waals surface area contributed by atoms with Gasteiger partial charge in [-0.1, -0.05) is 25.3 Å². The van der Waals surface area contributed by atoms with E-state index in [9.17, 15) is 8.42 Å². The summed E-state index contributed by atoms with van der Waals surface area (Å²) in [5.41, 5.74) is 0. The third kappa shape index (κ3) is 4.24. The van der Waals surface area contributed by atoms with Gasteiger partial charge in [-0.25, -0.2) is 8.42 Å². The Morgan fingerprint density at radius 1 is 1.27 bits per heavy atom. The zero-order valence-electron chi connectivity index (χ0n) is 9.31. The highest BCUT2D eigenvalue weighted by atomic mass is 32.2. The van der Waals surface area contributed by atoms with Crippen molar-refractivity contribution in [2.45, 2.75) is 44.3 Å². The number of rotatable bonds is 3. The Labute approximate surface area is 92.4 Å². The van der Waals surface area contributed by atoms with Crippen molar-refractivity contribution in [2.24, 2.45) is 0 Å². The molecule has 0 aromatic heterocycles. The van der Waals surface area contributed by atoms with E-state index in [1.165, 1.54) is 0 Å². The molecule has 1 rings (SSSR count). The Kier molecular flexibility index (Phi) is 5.15. The van der Waals surface area contributed by atoms with Gasteiger partial charge in [-0.3, -0.25) is 0 Å². The molecule has 0 aliphatic carbocycles. The molecule has 1 aliphatic rings. The summed E-state index contributed by atoms with van der Waals surface area (Å²) in [4.78, 5) is 0. The van der Waals surface area contributed by atoms with Crippen molar-refractivity contribution in [3.63, 3.8) is 0 Å². The second-order valence-corrected chi connectivity index (χ2v) is 6.40. The Morgan fingerprint density at radius 2 is 2.00 bits per heavy atom. The van der Waals surface area contributed by atoms with Gasteiger partial charge in [0, 0.05) is 0 Å². The van der Waals surface area contributed by atoms with Crippen molar-refractivity contribution >= 4 is 9.84 Å². The van der Waals surface area contributed by atoms with Crippen LogP contribution in [0.15, 0.2) is 12.3 Å². The summed E-state index contributed by atoms with van der Waals surface area (Å²) in [5, 5.41) is -0.297. The van der Waals surface area contributed by atoms with Gasteiger partial charge in [0.05, 0.1) is 17.3 Å². The molecule has 1 heterocycles. The molecule has 0 aromatic rings. The fourth-order valence-corrected chi connectivity index (χ4v) is 3.57. The minimum absolute atomic E-state index is 0.297. The molecule has 1 aliphatic heterocycles. The number of sulfone groups is 1. The fourth-order valence-electron chi connectivity index (χ4n) is 1.82. The molecule has 0 aromatic carbocycles. The lowest BCUT2D eigenvalue weighted by Crippen LogP contribution is -2.29. The lowest BCUT2D eigenvalue weighted by Gasteiger charge is -2.19. The standard InChI is InChI=1S/C11H20O3S/c1-2-8-14-10-11-7-5-3-4-6-9-15(11,12)13/h2,8,11H,3-7,9-10H2,1H3/b8-2+. The van der Waals surface area contributed by atoms with Crippen LogP contribution in [0, 0.1) is 0 Å². The van der Waals surface area contributed by atoms with Crippen molar-refractivity contribution in [3.8, 4) is 0 Å². The monoisotopic (exact) mass is 232 g/mol. The zero-order chi connectivity index (χ0) is 11.1. The smallest absolute Gasteiger partial charge is 0.156 e. The summed E-state index contributed by atoms with van der Waals surface area (Å²) in [6.45, 7) is 2.17. The maximum atomic E-state index is 11.8. The first kappa shape index (κ1) is 12.6. The van der Waals surface area contributed by atoms with Gasteiger partial charge in [-0.05, 0) is 19.8 Å².